The molecule has 0 fully saturated rings. The number of benzene rings is 1. The Balaban J connectivity index is 2.59. The zero-order valence-corrected chi connectivity index (χ0v) is 10.3. The fraction of sp³-hybridized carbons (Fsp3) is 0.308. The summed E-state index contributed by atoms with van der Waals surface area (Å²) < 4.78 is 53.8. The second kappa shape index (κ2) is 7.04. The first kappa shape index (κ1) is 16.2. The molecule has 0 aromatic heterocycles. The Kier molecular flexibility index (Phi) is 5.69. The molecular weight excluding hydrogens is 280 g/mol. The molecule has 3 nitrogen and oxygen atoms in total. The lowest BCUT2D eigenvalue weighted by atomic mass is 10.1. The third kappa shape index (κ3) is 6.33. The number of aliphatic carboxylic acids is 1. The zero-order chi connectivity index (χ0) is 15.2. The second-order valence-electron chi connectivity index (χ2n) is 3.95. The maximum atomic E-state index is 13.3. The Hall–Kier alpha value is -1.89. The monoisotopic (exact) mass is 292 g/mol. The summed E-state index contributed by atoms with van der Waals surface area (Å²) in [6.07, 6.45) is -3.50. The molecule has 1 N–H and O–H groups in total. The van der Waals surface area contributed by atoms with Gasteiger partial charge in [0.25, 0.3) is 0 Å². The van der Waals surface area contributed by atoms with Crippen molar-refractivity contribution >= 4 is 12.0 Å². The topological polar surface area (TPSA) is 46.5 Å². The maximum absolute atomic E-state index is 13.3. The Morgan fingerprint density at radius 2 is 2.05 bits per heavy atom. The van der Waals surface area contributed by atoms with E-state index in [9.17, 15) is 22.4 Å². The molecule has 0 radical (unpaired) electrons. The van der Waals surface area contributed by atoms with Gasteiger partial charge >= 0.3 is 12.1 Å². The number of ether oxygens (including phenoxy) is 1. The van der Waals surface area contributed by atoms with Gasteiger partial charge in [-0.25, -0.2) is 9.18 Å². The van der Waals surface area contributed by atoms with Gasteiger partial charge in [0.05, 0.1) is 19.6 Å². The van der Waals surface area contributed by atoms with Gasteiger partial charge < -0.3 is 9.84 Å². The summed E-state index contributed by atoms with van der Waals surface area (Å²) in [5.74, 6) is -1.85. The van der Waals surface area contributed by atoms with Crippen molar-refractivity contribution in [3.8, 4) is 0 Å². The van der Waals surface area contributed by atoms with Crippen LogP contribution in [0.15, 0.2) is 24.3 Å². The summed E-state index contributed by atoms with van der Waals surface area (Å²) in [6, 6.07) is 3.79. The Morgan fingerprint density at radius 3 is 2.65 bits per heavy atom. The van der Waals surface area contributed by atoms with Gasteiger partial charge in [0.1, 0.15) is 5.82 Å². The number of alkyl halides is 3. The molecular formula is C13H12F4O3. The zero-order valence-electron chi connectivity index (χ0n) is 10.3. The van der Waals surface area contributed by atoms with E-state index in [1.54, 1.807) is 0 Å². The van der Waals surface area contributed by atoms with Crippen molar-refractivity contribution < 1.29 is 32.2 Å². The van der Waals surface area contributed by atoms with E-state index in [-0.39, 0.29) is 12.2 Å². The van der Waals surface area contributed by atoms with Crippen LogP contribution in [-0.4, -0.2) is 23.9 Å². The molecule has 0 aliphatic carbocycles. The van der Waals surface area contributed by atoms with Crippen LogP contribution in [0.1, 0.15) is 17.5 Å². The highest BCUT2D eigenvalue weighted by Gasteiger charge is 2.26. The average Bonchev–Trinajstić information content (AvgIpc) is 2.33. The molecule has 110 valence electrons. The summed E-state index contributed by atoms with van der Waals surface area (Å²) in [6.45, 7) is -0.592. The molecule has 1 aromatic carbocycles. The van der Waals surface area contributed by atoms with E-state index in [0.29, 0.717) is 5.56 Å². The van der Waals surface area contributed by atoms with E-state index in [0.717, 1.165) is 18.2 Å². The van der Waals surface area contributed by atoms with Crippen LogP contribution in [-0.2, 0) is 16.1 Å². The first-order valence-electron chi connectivity index (χ1n) is 5.62. The number of hydrogen-bond donors (Lipinski definition) is 1. The van der Waals surface area contributed by atoms with Crippen molar-refractivity contribution in [1.29, 1.82) is 0 Å². The molecule has 0 saturated heterocycles. The molecule has 1 rings (SSSR count). The smallest absolute Gasteiger partial charge is 0.391 e. The highest BCUT2D eigenvalue weighted by Crippen LogP contribution is 2.19. The number of hydrogen-bond acceptors (Lipinski definition) is 2. The van der Waals surface area contributed by atoms with Gasteiger partial charge in [-0.3, -0.25) is 0 Å². The van der Waals surface area contributed by atoms with Gasteiger partial charge in [-0.1, -0.05) is 6.07 Å². The summed E-state index contributed by atoms with van der Waals surface area (Å²) in [4.78, 5) is 10.3. The summed E-state index contributed by atoms with van der Waals surface area (Å²) >= 11 is 0. The molecule has 7 heteroatoms. The molecule has 0 atom stereocenters. The first-order valence-corrected chi connectivity index (χ1v) is 5.62. The van der Waals surface area contributed by atoms with Gasteiger partial charge in [-0.05, 0) is 23.8 Å². The van der Waals surface area contributed by atoms with E-state index in [1.165, 1.54) is 12.1 Å². The van der Waals surface area contributed by atoms with Gasteiger partial charge in [0.15, 0.2) is 0 Å². The van der Waals surface area contributed by atoms with E-state index >= 15 is 0 Å². The van der Waals surface area contributed by atoms with Crippen molar-refractivity contribution in [1.82, 2.24) is 0 Å². The van der Waals surface area contributed by atoms with E-state index in [4.69, 9.17) is 9.84 Å². The van der Waals surface area contributed by atoms with E-state index in [1.807, 2.05) is 0 Å². The Morgan fingerprint density at radius 1 is 1.35 bits per heavy atom. The SMILES string of the molecule is O=C(O)/C=C/c1cc(COCCC(F)(F)F)ccc1F. The largest absolute Gasteiger partial charge is 0.478 e. The number of carboxylic acid groups (broad SMARTS) is 1. The molecule has 0 unspecified atom stereocenters. The highest BCUT2D eigenvalue weighted by atomic mass is 19.4. The Labute approximate surface area is 112 Å². The predicted molar refractivity (Wildman–Crippen MR) is 63.4 cm³/mol. The van der Waals surface area contributed by atoms with Gasteiger partial charge in [0.2, 0.25) is 0 Å². The highest BCUT2D eigenvalue weighted by molar-refractivity contribution is 5.85. The number of carboxylic acids is 1. The van der Waals surface area contributed by atoms with Gasteiger partial charge in [-0.15, -0.1) is 0 Å². The van der Waals surface area contributed by atoms with Crippen LogP contribution >= 0.6 is 0 Å². The van der Waals surface area contributed by atoms with Crippen LogP contribution in [0.2, 0.25) is 0 Å². The predicted octanol–water partition coefficient (Wildman–Crippen LogP) is 3.39. The summed E-state index contributed by atoms with van der Waals surface area (Å²) in [5, 5.41) is 8.44. The van der Waals surface area contributed by atoms with E-state index < -0.39 is 31.0 Å². The van der Waals surface area contributed by atoms with Crippen molar-refractivity contribution in [2.45, 2.75) is 19.2 Å². The van der Waals surface area contributed by atoms with E-state index in [2.05, 4.69) is 0 Å². The number of halogens is 4. The lowest BCUT2D eigenvalue weighted by molar-refractivity contribution is -0.146. The van der Waals surface area contributed by atoms with Gasteiger partial charge in [0, 0.05) is 11.6 Å². The second-order valence-corrected chi connectivity index (χ2v) is 3.95. The van der Waals surface area contributed by atoms with Gasteiger partial charge in [-0.2, -0.15) is 13.2 Å². The van der Waals surface area contributed by atoms with Crippen LogP contribution in [0.5, 0.6) is 0 Å². The van der Waals surface area contributed by atoms with Crippen LogP contribution in [0, 0.1) is 5.82 Å². The fourth-order valence-corrected chi connectivity index (χ4v) is 1.35. The quantitative estimate of drug-likeness (QED) is 0.496. The molecule has 0 bridgehead atoms. The van der Waals surface area contributed by atoms with Crippen LogP contribution in [0.4, 0.5) is 17.6 Å². The number of carbonyl (C=O) groups is 1. The van der Waals surface area contributed by atoms with Crippen molar-refractivity contribution in [3.63, 3.8) is 0 Å². The average molecular weight is 292 g/mol. The lowest BCUT2D eigenvalue weighted by Gasteiger charge is -2.08. The Bertz CT molecular complexity index is 495. The first-order chi connectivity index (χ1) is 9.28. The van der Waals surface area contributed by atoms with Crippen molar-refractivity contribution in [2.75, 3.05) is 6.61 Å². The van der Waals surface area contributed by atoms with Crippen molar-refractivity contribution in [3.05, 3.63) is 41.2 Å². The van der Waals surface area contributed by atoms with Crippen LogP contribution < -0.4 is 0 Å². The standard InChI is InChI=1S/C13H12F4O3/c14-11-3-1-9(7-10(11)2-4-12(18)19)8-20-6-5-13(15,16)17/h1-4,7H,5-6,8H2,(H,18,19)/b4-2+. The van der Waals surface area contributed by atoms with Crippen LogP contribution in [0.25, 0.3) is 6.08 Å². The summed E-state index contributed by atoms with van der Waals surface area (Å²) in [7, 11) is 0. The summed E-state index contributed by atoms with van der Waals surface area (Å²) in [5.41, 5.74) is 0.489. The minimum Gasteiger partial charge on any atom is -0.478 e. The maximum Gasteiger partial charge on any atom is 0.391 e. The lowest BCUT2D eigenvalue weighted by Crippen LogP contribution is -2.11. The fourth-order valence-electron chi connectivity index (χ4n) is 1.35. The molecule has 0 aliphatic rings. The molecule has 1 aromatic rings. The minimum absolute atomic E-state index is 0.0318. The molecule has 0 saturated carbocycles. The molecule has 0 aliphatic heterocycles. The molecule has 0 spiro atoms. The normalized spacial score (nSPS) is 12.0. The molecule has 20 heavy (non-hydrogen) atoms. The third-order valence-electron chi connectivity index (χ3n) is 2.26. The van der Waals surface area contributed by atoms with Crippen LogP contribution in [0.3, 0.4) is 0 Å². The molecule has 0 heterocycles. The molecule has 0 amide bonds. The third-order valence-corrected chi connectivity index (χ3v) is 2.26. The number of rotatable bonds is 6. The minimum atomic E-state index is -4.28. The van der Waals surface area contributed by atoms with Crippen molar-refractivity contribution in [2.24, 2.45) is 0 Å².